The molecule has 1 aromatic rings. The zero-order valence-electron chi connectivity index (χ0n) is 9.43. The maximum Gasteiger partial charge on any atom is 0.255 e. The molecule has 0 unspecified atom stereocenters. The topological polar surface area (TPSA) is 20.3 Å². The molecule has 1 saturated heterocycles. The summed E-state index contributed by atoms with van der Waals surface area (Å²) in [7, 11) is 0. The molecule has 0 N–H and O–H groups in total. The highest BCUT2D eigenvalue weighted by atomic mass is 79.9. The minimum absolute atomic E-state index is 0.0842. The van der Waals surface area contributed by atoms with E-state index < -0.39 is 5.92 Å². The Morgan fingerprint density at radius 2 is 1.94 bits per heavy atom. The van der Waals surface area contributed by atoms with Gasteiger partial charge in [-0.05, 0) is 34.1 Å². The van der Waals surface area contributed by atoms with E-state index in [0.29, 0.717) is 15.1 Å². The van der Waals surface area contributed by atoms with Gasteiger partial charge in [0.1, 0.15) is 0 Å². The van der Waals surface area contributed by atoms with Gasteiger partial charge in [-0.3, -0.25) is 4.79 Å². The van der Waals surface area contributed by atoms with Crippen LogP contribution in [-0.2, 0) is 0 Å². The highest BCUT2D eigenvalue weighted by molar-refractivity contribution is 9.10. The zero-order chi connectivity index (χ0) is 13.3. The van der Waals surface area contributed by atoms with Crippen LogP contribution >= 0.6 is 27.5 Å². The molecule has 1 fully saturated rings. The van der Waals surface area contributed by atoms with Crippen molar-refractivity contribution >= 4 is 33.4 Å². The molecule has 0 spiro atoms. The van der Waals surface area contributed by atoms with Gasteiger partial charge in [-0.1, -0.05) is 11.6 Å². The maximum atomic E-state index is 13.0. The van der Waals surface area contributed by atoms with Crippen molar-refractivity contribution in [3.05, 3.63) is 33.3 Å². The molecule has 0 aliphatic carbocycles. The first-order valence-corrected chi connectivity index (χ1v) is 6.68. The number of carbonyl (C=O) groups is 1. The second-order valence-electron chi connectivity index (χ2n) is 4.27. The van der Waals surface area contributed by atoms with Gasteiger partial charge in [0.15, 0.2) is 0 Å². The number of piperidine rings is 1. The Hall–Kier alpha value is -0.680. The summed E-state index contributed by atoms with van der Waals surface area (Å²) < 4.78 is 26.6. The number of alkyl halides is 2. The van der Waals surface area contributed by atoms with Crippen LogP contribution in [-0.4, -0.2) is 29.8 Å². The highest BCUT2D eigenvalue weighted by Gasteiger charge is 2.36. The van der Waals surface area contributed by atoms with E-state index in [-0.39, 0.29) is 31.8 Å². The SMILES string of the molecule is O=C(c1ccc(Cl)cc1Br)N1CCC(F)(F)CC1. The minimum atomic E-state index is -2.64. The third kappa shape index (κ3) is 3.01. The quantitative estimate of drug-likeness (QED) is 0.758. The lowest BCUT2D eigenvalue weighted by atomic mass is 10.1. The van der Waals surface area contributed by atoms with Crippen LogP contribution in [0.4, 0.5) is 8.78 Å². The number of nitrogens with zero attached hydrogens (tertiary/aromatic N) is 1. The molecular weight excluding hydrogens is 327 g/mol. The van der Waals surface area contributed by atoms with Crippen molar-refractivity contribution in [1.82, 2.24) is 4.90 Å². The lowest BCUT2D eigenvalue weighted by Crippen LogP contribution is -2.42. The molecule has 0 atom stereocenters. The van der Waals surface area contributed by atoms with E-state index in [1.807, 2.05) is 0 Å². The fraction of sp³-hybridized carbons (Fsp3) is 0.417. The fourth-order valence-corrected chi connectivity index (χ4v) is 2.72. The molecule has 1 amide bonds. The van der Waals surface area contributed by atoms with Gasteiger partial charge in [-0.15, -0.1) is 0 Å². The second-order valence-corrected chi connectivity index (χ2v) is 5.56. The fourth-order valence-electron chi connectivity index (χ4n) is 1.87. The molecule has 6 heteroatoms. The number of hydrogen-bond acceptors (Lipinski definition) is 1. The van der Waals surface area contributed by atoms with Crippen molar-refractivity contribution in [3.8, 4) is 0 Å². The molecule has 98 valence electrons. The summed E-state index contributed by atoms with van der Waals surface area (Å²) in [5.74, 6) is -2.89. The first kappa shape index (κ1) is 13.7. The molecule has 0 saturated carbocycles. The Morgan fingerprint density at radius 3 is 2.50 bits per heavy atom. The molecule has 1 heterocycles. The average molecular weight is 339 g/mol. The van der Waals surface area contributed by atoms with Crippen LogP contribution in [0.3, 0.4) is 0 Å². The molecular formula is C12H11BrClF2NO. The predicted molar refractivity (Wildman–Crippen MR) is 69.2 cm³/mol. The van der Waals surface area contributed by atoms with Gasteiger partial charge >= 0.3 is 0 Å². The standard InChI is InChI=1S/C12H11BrClF2NO/c13-10-7-8(14)1-2-9(10)11(18)17-5-3-12(15,16)4-6-17/h1-2,7H,3-6H2. The second kappa shape index (κ2) is 5.13. The summed E-state index contributed by atoms with van der Waals surface area (Å²) in [4.78, 5) is 13.6. The number of carbonyl (C=O) groups excluding carboxylic acids is 1. The lowest BCUT2D eigenvalue weighted by Gasteiger charge is -2.32. The molecule has 2 nitrogen and oxygen atoms in total. The monoisotopic (exact) mass is 337 g/mol. The number of hydrogen-bond donors (Lipinski definition) is 0. The first-order valence-electron chi connectivity index (χ1n) is 5.51. The van der Waals surface area contributed by atoms with Gasteiger partial charge in [0.25, 0.3) is 11.8 Å². The summed E-state index contributed by atoms with van der Waals surface area (Å²) in [5, 5.41) is 0.517. The summed E-state index contributed by atoms with van der Waals surface area (Å²) in [6.07, 6.45) is -0.548. The van der Waals surface area contributed by atoms with Crippen molar-refractivity contribution in [2.45, 2.75) is 18.8 Å². The van der Waals surface area contributed by atoms with E-state index in [0.717, 1.165) is 0 Å². The molecule has 0 radical (unpaired) electrons. The van der Waals surface area contributed by atoms with Crippen molar-refractivity contribution in [1.29, 1.82) is 0 Å². The summed E-state index contributed by atoms with van der Waals surface area (Å²) in [5.41, 5.74) is 0.449. The molecule has 1 aromatic carbocycles. The number of likely N-dealkylation sites (tertiary alicyclic amines) is 1. The van der Waals surface area contributed by atoms with Gasteiger partial charge in [-0.2, -0.15) is 0 Å². The Morgan fingerprint density at radius 1 is 1.33 bits per heavy atom. The van der Waals surface area contributed by atoms with E-state index in [1.165, 1.54) is 4.90 Å². The van der Waals surface area contributed by atoms with Crippen molar-refractivity contribution < 1.29 is 13.6 Å². The number of benzene rings is 1. The van der Waals surface area contributed by atoms with Gasteiger partial charge in [0.05, 0.1) is 5.56 Å². The summed E-state index contributed by atoms with van der Waals surface area (Å²) in [6, 6.07) is 4.83. The van der Waals surface area contributed by atoms with E-state index in [9.17, 15) is 13.6 Å². The van der Waals surface area contributed by atoms with Crippen LogP contribution in [0, 0.1) is 0 Å². The third-order valence-corrected chi connectivity index (χ3v) is 3.83. The van der Waals surface area contributed by atoms with Crippen LogP contribution < -0.4 is 0 Å². The summed E-state index contributed by atoms with van der Waals surface area (Å²) in [6.45, 7) is 0.168. The van der Waals surface area contributed by atoms with Crippen molar-refractivity contribution in [3.63, 3.8) is 0 Å². The molecule has 1 aliphatic rings. The molecule has 18 heavy (non-hydrogen) atoms. The van der Waals surface area contributed by atoms with Crippen LogP contribution in [0.15, 0.2) is 22.7 Å². The van der Waals surface area contributed by atoms with E-state index in [2.05, 4.69) is 15.9 Å². The average Bonchev–Trinajstić information content (AvgIpc) is 2.28. The molecule has 0 bridgehead atoms. The first-order chi connectivity index (χ1) is 8.39. The van der Waals surface area contributed by atoms with Crippen molar-refractivity contribution in [2.24, 2.45) is 0 Å². The lowest BCUT2D eigenvalue weighted by molar-refractivity contribution is -0.0494. The van der Waals surface area contributed by atoms with Gasteiger partial charge in [0.2, 0.25) is 0 Å². The highest BCUT2D eigenvalue weighted by Crippen LogP contribution is 2.29. The van der Waals surface area contributed by atoms with E-state index in [1.54, 1.807) is 18.2 Å². The number of halogens is 4. The Labute approximate surface area is 117 Å². The Bertz CT molecular complexity index is 471. The molecule has 2 rings (SSSR count). The largest absolute Gasteiger partial charge is 0.338 e. The van der Waals surface area contributed by atoms with Crippen LogP contribution in [0.25, 0.3) is 0 Å². The van der Waals surface area contributed by atoms with E-state index in [4.69, 9.17) is 11.6 Å². The number of rotatable bonds is 1. The molecule has 1 aliphatic heterocycles. The maximum absolute atomic E-state index is 13.0. The van der Waals surface area contributed by atoms with Gasteiger partial charge < -0.3 is 4.90 Å². The van der Waals surface area contributed by atoms with Crippen LogP contribution in [0.5, 0.6) is 0 Å². The summed E-state index contributed by atoms with van der Waals surface area (Å²) >= 11 is 9.05. The zero-order valence-corrected chi connectivity index (χ0v) is 11.8. The minimum Gasteiger partial charge on any atom is -0.338 e. The van der Waals surface area contributed by atoms with Gasteiger partial charge in [-0.25, -0.2) is 8.78 Å². The Balaban J connectivity index is 2.13. The van der Waals surface area contributed by atoms with Crippen molar-refractivity contribution in [2.75, 3.05) is 13.1 Å². The predicted octanol–water partition coefficient (Wildman–Crippen LogP) is 3.97. The van der Waals surface area contributed by atoms with Gasteiger partial charge in [0, 0.05) is 35.4 Å². The molecule has 0 aromatic heterocycles. The smallest absolute Gasteiger partial charge is 0.255 e. The van der Waals surface area contributed by atoms with Crippen LogP contribution in [0.1, 0.15) is 23.2 Å². The normalized spacial score (nSPS) is 18.8. The van der Waals surface area contributed by atoms with Crippen LogP contribution in [0.2, 0.25) is 5.02 Å². The Kier molecular flexibility index (Phi) is 3.92. The van der Waals surface area contributed by atoms with E-state index >= 15 is 0 Å². The third-order valence-electron chi connectivity index (χ3n) is 2.94. The number of amides is 1.